The molecular weight excluding hydrogens is 482 g/mol. The number of aromatic nitrogens is 5. The number of carbonyl (C=O) groups is 1. The zero-order valence-corrected chi connectivity index (χ0v) is 21.8. The molecule has 0 saturated carbocycles. The molecule has 0 unspecified atom stereocenters. The van der Waals surface area contributed by atoms with Gasteiger partial charge in [-0.15, -0.1) is 6.58 Å². The zero-order valence-electron chi connectivity index (χ0n) is 21.8. The van der Waals surface area contributed by atoms with E-state index in [1.165, 1.54) is 6.20 Å². The molecule has 0 aliphatic carbocycles. The zero-order chi connectivity index (χ0) is 26.8. The predicted octanol–water partition coefficient (Wildman–Crippen LogP) is 2.25. The minimum atomic E-state index is -0.211. The van der Waals surface area contributed by atoms with Gasteiger partial charge < -0.3 is 20.0 Å². The highest BCUT2D eigenvalue weighted by molar-refractivity contribution is 5.82. The van der Waals surface area contributed by atoms with E-state index in [4.69, 9.17) is 9.97 Å². The largest absolute Gasteiger partial charge is 0.360 e. The van der Waals surface area contributed by atoms with E-state index in [0.29, 0.717) is 49.0 Å². The van der Waals surface area contributed by atoms with Crippen molar-refractivity contribution >= 4 is 34.3 Å². The normalized spacial score (nSPS) is 13.9. The molecule has 1 fully saturated rings. The number of fused-ring (bicyclic) bond motifs is 1. The summed E-state index contributed by atoms with van der Waals surface area (Å²) >= 11 is 0. The Balaban J connectivity index is 1.47. The molecule has 1 amide bonds. The van der Waals surface area contributed by atoms with Crippen molar-refractivity contribution in [1.29, 1.82) is 0 Å². The van der Waals surface area contributed by atoms with E-state index in [1.54, 1.807) is 20.3 Å². The van der Waals surface area contributed by atoms with Crippen LogP contribution in [0.5, 0.6) is 0 Å². The Bertz CT molecular complexity index is 1540. The smallest absolute Gasteiger partial charge is 0.278 e. The van der Waals surface area contributed by atoms with E-state index >= 15 is 0 Å². The van der Waals surface area contributed by atoms with Crippen LogP contribution in [-0.4, -0.2) is 80.8 Å². The fourth-order valence-corrected chi connectivity index (χ4v) is 4.47. The van der Waals surface area contributed by atoms with Crippen LogP contribution in [0, 0.1) is 0 Å². The van der Waals surface area contributed by atoms with Gasteiger partial charge in [0.25, 0.3) is 5.56 Å². The van der Waals surface area contributed by atoms with Crippen molar-refractivity contribution in [3.05, 3.63) is 77.4 Å². The molecule has 1 aromatic carbocycles. The fraction of sp³-hybridized carbons (Fsp3) is 0.296. The second-order valence-corrected chi connectivity index (χ2v) is 9.55. The number of anilines is 3. The highest BCUT2D eigenvalue weighted by Gasteiger charge is 2.21. The van der Waals surface area contributed by atoms with Crippen molar-refractivity contribution < 1.29 is 4.79 Å². The van der Waals surface area contributed by atoms with Gasteiger partial charge in [-0.1, -0.05) is 12.1 Å². The molecule has 4 aromatic rings. The molecule has 1 N–H and O–H groups in total. The number of likely N-dealkylation sites (N-methyl/N-ethyl adjacent to an activating group) is 1. The Kier molecular flexibility index (Phi) is 6.93. The predicted molar refractivity (Wildman–Crippen MR) is 148 cm³/mol. The number of allylic oxidation sites excluding steroid dienone is 1. The van der Waals surface area contributed by atoms with E-state index < -0.39 is 0 Å². The van der Waals surface area contributed by atoms with Crippen LogP contribution < -0.4 is 15.8 Å². The van der Waals surface area contributed by atoms with E-state index in [-0.39, 0.29) is 11.5 Å². The average Bonchev–Trinajstić information content (AvgIpc) is 3.17. The lowest BCUT2D eigenvalue weighted by Crippen LogP contribution is -2.48. The molecule has 1 aliphatic heterocycles. The molecule has 0 spiro atoms. The first-order chi connectivity index (χ1) is 18.3. The summed E-state index contributed by atoms with van der Waals surface area (Å²) < 4.78 is 3.28. The van der Waals surface area contributed by atoms with Crippen LogP contribution in [0.15, 0.2) is 66.1 Å². The van der Waals surface area contributed by atoms with Crippen LogP contribution in [0.3, 0.4) is 0 Å². The maximum absolute atomic E-state index is 13.2. The van der Waals surface area contributed by atoms with Gasteiger partial charge in [0.2, 0.25) is 11.9 Å². The number of rotatable bonds is 8. The van der Waals surface area contributed by atoms with Gasteiger partial charge >= 0.3 is 0 Å². The summed E-state index contributed by atoms with van der Waals surface area (Å²) in [6.07, 6.45) is 3.21. The van der Waals surface area contributed by atoms with Gasteiger partial charge in [-0.3, -0.25) is 9.59 Å². The minimum absolute atomic E-state index is 0.108. The Morgan fingerprint density at radius 3 is 2.58 bits per heavy atom. The van der Waals surface area contributed by atoms with Gasteiger partial charge in [-0.2, -0.15) is 4.98 Å². The summed E-state index contributed by atoms with van der Waals surface area (Å²) in [5.41, 5.74) is 2.89. The maximum atomic E-state index is 13.2. The van der Waals surface area contributed by atoms with Crippen LogP contribution in [-0.2, 0) is 17.9 Å². The Morgan fingerprint density at radius 1 is 1.08 bits per heavy atom. The molecule has 3 aromatic heterocycles. The molecule has 196 valence electrons. The van der Waals surface area contributed by atoms with Crippen molar-refractivity contribution in [2.75, 3.05) is 51.0 Å². The second kappa shape index (κ2) is 10.5. The molecule has 1 aliphatic rings. The highest BCUT2D eigenvalue weighted by atomic mass is 16.2. The number of hydrogen-bond donors (Lipinski definition) is 1. The van der Waals surface area contributed by atoms with Gasteiger partial charge in [0, 0.05) is 44.3 Å². The number of pyridine rings is 1. The van der Waals surface area contributed by atoms with Crippen LogP contribution in [0.1, 0.15) is 5.69 Å². The third-order valence-electron chi connectivity index (χ3n) is 6.41. The third-order valence-corrected chi connectivity index (χ3v) is 6.41. The van der Waals surface area contributed by atoms with Gasteiger partial charge in [-0.25, -0.2) is 19.3 Å². The molecule has 4 heterocycles. The Morgan fingerprint density at radius 2 is 1.87 bits per heavy atom. The van der Waals surface area contributed by atoms with E-state index in [2.05, 4.69) is 21.8 Å². The van der Waals surface area contributed by atoms with Crippen molar-refractivity contribution in [2.45, 2.75) is 13.1 Å². The second-order valence-electron chi connectivity index (χ2n) is 9.55. The lowest BCUT2D eigenvalue weighted by molar-refractivity contribution is -0.129. The lowest BCUT2D eigenvalue weighted by Gasteiger charge is -2.33. The molecule has 0 bridgehead atoms. The summed E-state index contributed by atoms with van der Waals surface area (Å²) in [5.74, 6) is 1.05. The number of nitrogens with one attached hydrogen (secondary N) is 1. The van der Waals surface area contributed by atoms with Gasteiger partial charge in [0.15, 0.2) is 11.5 Å². The van der Waals surface area contributed by atoms with Gasteiger partial charge in [0.05, 0.1) is 18.8 Å². The molecule has 5 rings (SSSR count). The molecular formula is C27H31N9O2. The Labute approximate surface area is 220 Å². The van der Waals surface area contributed by atoms with Crippen LogP contribution in [0.2, 0.25) is 0 Å². The van der Waals surface area contributed by atoms with Crippen LogP contribution in [0.4, 0.5) is 17.3 Å². The number of piperazine rings is 1. The van der Waals surface area contributed by atoms with E-state index in [0.717, 1.165) is 23.6 Å². The number of carbonyl (C=O) groups excluding carboxylic acids is 1. The SMILES string of the molecule is C=CCn1c(=O)c2cnc(Nc3ccc(N4CCN(C)C(=O)C4)cc3)nc2n1-c1cccc(CN(C)C)n1. The first-order valence-electron chi connectivity index (χ1n) is 12.4. The summed E-state index contributed by atoms with van der Waals surface area (Å²) in [6.45, 7) is 6.63. The van der Waals surface area contributed by atoms with Gasteiger partial charge in [0.1, 0.15) is 5.39 Å². The highest BCUT2D eigenvalue weighted by Crippen LogP contribution is 2.22. The number of amides is 1. The average molecular weight is 514 g/mol. The standard InChI is InChI=1S/C27H31N9O2/c1-5-13-35-26(38)22-16-28-27(31-25(22)36(35)23-8-6-7-20(29-23)17-32(2)3)30-19-9-11-21(12-10-19)34-15-14-33(4)24(37)18-34/h5-12,16H,1,13-15,17-18H2,2-4H3,(H,28,30,31). The monoisotopic (exact) mass is 513 g/mol. The van der Waals surface area contributed by atoms with Crippen LogP contribution in [0.25, 0.3) is 16.9 Å². The summed E-state index contributed by atoms with van der Waals surface area (Å²) in [6, 6.07) is 13.5. The summed E-state index contributed by atoms with van der Waals surface area (Å²) in [4.78, 5) is 45.0. The molecule has 0 atom stereocenters. The van der Waals surface area contributed by atoms with Crippen molar-refractivity contribution in [3.8, 4) is 5.82 Å². The Hall–Kier alpha value is -4.51. The molecule has 1 saturated heterocycles. The van der Waals surface area contributed by atoms with Crippen molar-refractivity contribution in [1.82, 2.24) is 34.1 Å². The molecule has 0 radical (unpaired) electrons. The summed E-state index contributed by atoms with van der Waals surface area (Å²) in [7, 11) is 5.79. The molecule has 38 heavy (non-hydrogen) atoms. The number of hydrogen-bond acceptors (Lipinski definition) is 8. The first-order valence-corrected chi connectivity index (χ1v) is 12.4. The van der Waals surface area contributed by atoms with Crippen LogP contribution >= 0.6 is 0 Å². The minimum Gasteiger partial charge on any atom is -0.360 e. The third kappa shape index (κ3) is 5.00. The fourth-order valence-electron chi connectivity index (χ4n) is 4.47. The first kappa shape index (κ1) is 25.2. The van der Waals surface area contributed by atoms with Gasteiger partial charge in [-0.05, 0) is 50.5 Å². The van der Waals surface area contributed by atoms with Crippen molar-refractivity contribution in [3.63, 3.8) is 0 Å². The molecule has 11 nitrogen and oxygen atoms in total. The lowest BCUT2D eigenvalue weighted by atomic mass is 10.2. The summed E-state index contributed by atoms with van der Waals surface area (Å²) in [5, 5.41) is 3.63. The van der Waals surface area contributed by atoms with E-state index in [1.807, 2.05) is 68.5 Å². The van der Waals surface area contributed by atoms with Crippen molar-refractivity contribution in [2.24, 2.45) is 0 Å². The topological polar surface area (TPSA) is 104 Å². The molecule has 11 heteroatoms. The maximum Gasteiger partial charge on any atom is 0.278 e. The quantitative estimate of drug-likeness (QED) is 0.358. The number of benzene rings is 1. The van der Waals surface area contributed by atoms with E-state index in [9.17, 15) is 9.59 Å². The number of nitrogens with zero attached hydrogens (tertiary/aromatic N) is 8.